The average Bonchev–Trinajstić information content (AvgIpc) is 2.32. The number of nitrogens with two attached hydrogens (primary N) is 1. The summed E-state index contributed by atoms with van der Waals surface area (Å²) >= 11 is 0. The van der Waals surface area contributed by atoms with Gasteiger partial charge >= 0.3 is 5.69 Å². The molecule has 1 saturated carbocycles. The van der Waals surface area contributed by atoms with Crippen LogP contribution in [-0.4, -0.2) is 17.1 Å². The molecule has 0 spiro atoms. The Morgan fingerprint density at radius 1 is 1.33 bits per heavy atom. The van der Waals surface area contributed by atoms with Crippen molar-refractivity contribution in [3.8, 4) is 5.75 Å². The van der Waals surface area contributed by atoms with E-state index in [4.69, 9.17) is 10.5 Å². The van der Waals surface area contributed by atoms with Gasteiger partial charge in [0.05, 0.1) is 11.0 Å². The minimum atomic E-state index is -0.566. The van der Waals surface area contributed by atoms with Gasteiger partial charge in [-0.2, -0.15) is 0 Å². The van der Waals surface area contributed by atoms with Crippen molar-refractivity contribution in [1.82, 2.24) is 0 Å². The molecule has 1 fully saturated rings. The molecule has 1 aromatic carbocycles. The van der Waals surface area contributed by atoms with Crippen LogP contribution in [-0.2, 0) is 0 Å². The molecule has 0 unspecified atom stereocenters. The van der Waals surface area contributed by atoms with Crippen LogP contribution in [0.5, 0.6) is 5.75 Å². The van der Waals surface area contributed by atoms with Gasteiger partial charge in [-0.15, -0.1) is 0 Å². The Morgan fingerprint density at radius 3 is 2.61 bits per heavy atom. The molecule has 18 heavy (non-hydrogen) atoms. The van der Waals surface area contributed by atoms with E-state index in [9.17, 15) is 14.5 Å². The average molecular weight is 254 g/mol. The van der Waals surface area contributed by atoms with Crippen molar-refractivity contribution in [2.75, 3.05) is 0 Å². The molecule has 6 heteroatoms. The summed E-state index contributed by atoms with van der Waals surface area (Å²) in [5.41, 5.74) is 5.57. The zero-order valence-electron chi connectivity index (χ0n) is 9.84. The highest BCUT2D eigenvalue weighted by atomic mass is 19.1. The highest BCUT2D eigenvalue weighted by Crippen LogP contribution is 2.31. The molecule has 2 rings (SSSR count). The summed E-state index contributed by atoms with van der Waals surface area (Å²) in [5.74, 6) is -0.538. The second kappa shape index (κ2) is 5.30. The third kappa shape index (κ3) is 2.95. The van der Waals surface area contributed by atoms with E-state index in [0.717, 1.165) is 43.9 Å². The number of hydrogen-bond acceptors (Lipinski definition) is 4. The number of nitro groups is 1. The Labute approximate surface area is 104 Å². The van der Waals surface area contributed by atoms with E-state index in [1.807, 2.05) is 0 Å². The van der Waals surface area contributed by atoms with Crippen molar-refractivity contribution in [2.45, 2.75) is 37.8 Å². The summed E-state index contributed by atoms with van der Waals surface area (Å²) in [5, 5.41) is 10.8. The first-order valence-corrected chi connectivity index (χ1v) is 5.92. The molecular formula is C12H15FN2O3. The molecule has 0 aromatic heterocycles. The molecule has 0 radical (unpaired) electrons. The fraction of sp³-hybridized carbons (Fsp3) is 0.500. The second-order valence-corrected chi connectivity index (χ2v) is 4.52. The monoisotopic (exact) mass is 254 g/mol. The lowest BCUT2D eigenvalue weighted by molar-refractivity contribution is -0.386. The maximum Gasteiger partial charge on any atom is 0.311 e. The van der Waals surface area contributed by atoms with Gasteiger partial charge in [0, 0.05) is 18.2 Å². The number of benzene rings is 1. The van der Waals surface area contributed by atoms with E-state index in [1.54, 1.807) is 0 Å². The quantitative estimate of drug-likeness (QED) is 0.663. The van der Waals surface area contributed by atoms with Gasteiger partial charge in [0.15, 0.2) is 5.75 Å². The van der Waals surface area contributed by atoms with Crippen LogP contribution in [0.3, 0.4) is 0 Å². The topological polar surface area (TPSA) is 78.4 Å². The summed E-state index contributed by atoms with van der Waals surface area (Å²) in [6.07, 6.45) is 3.02. The molecule has 98 valence electrons. The number of nitro benzene ring substituents is 1. The zero-order valence-corrected chi connectivity index (χ0v) is 9.84. The first-order chi connectivity index (χ1) is 8.56. The molecule has 1 aliphatic rings. The van der Waals surface area contributed by atoms with Gasteiger partial charge in [-0.1, -0.05) is 0 Å². The molecule has 5 nitrogen and oxygen atoms in total. The molecule has 0 bridgehead atoms. The van der Waals surface area contributed by atoms with Gasteiger partial charge < -0.3 is 10.5 Å². The smallest absolute Gasteiger partial charge is 0.311 e. The molecule has 0 heterocycles. The summed E-state index contributed by atoms with van der Waals surface area (Å²) in [7, 11) is 0. The van der Waals surface area contributed by atoms with Crippen LogP contribution in [0.4, 0.5) is 10.1 Å². The Bertz CT molecular complexity index is 445. The standard InChI is InChI=1S/C12H15FN2O3/c13-8-1-6-11(15(16)17)12(7-8)18-10-4-2-9(14)3-5-10/h1,6-7,9-10H,2-5,14H2/t9-,10-. The Balaban J connectivity index is 2.12. The van der Waals surface area contributed by atoms with Crippen molar-refractivity contribution in [2.24, 2.45) is 5.73 Å². The van der Waals surface area contributed by atoms with Crippen LogP contribution in [0.1, 0.15) is 25.7 Å². The van der Waals surface area contributed by atoms with Gasteiger partial charge in [0.25, 0.3) is 0 Å². The van der Waals surface area contributed by atoms with Crippen LogP contribution < -0.4 is 10.5 Å². The Kier molecular flexibility index (Phi) is 3.76. The van der Waals surface area contributed by atoms with Gasteiger partial charge in [0.2, 0.25) is 0 Å². The molecule has 1 aromatic rings. The van der Waals surface area contributed by atoms with E-state index in [0.29, 0.717) is 0 Å². The van der Waals surface area contributed by atoms with Crippen molar-refractivity contribution in [1.29, 1.82) is 0 Å². The van der Waals surface area contributed by atoms with Gasteiger partial charge in [-0.05, 0) is 31.7 Å². The van der Waals surface area contributed by atoms with Crippen LogP contribution in [0.25, 0.3) is 0 Å². The van der Waals surface area contributed by atoms with Gasteiger partial charge in [0.1, 0.15) is 5.82 Å². The van der Waals surface area contributed by atoms with Crippen molar-refractivity contribution in [3.05, 3.63) is 34.1 Å². The summed E-state index contributed by atoms with van der Waals surface area (Å²) < 4.78 is 18.6. The molecule has 1 aliphatic carbocycles. The lowest BCUT2D eigenvalue weighted by Crippen LogP contribution is -2.31. The number of nitrogens with zero attached hydrogens (tertiary/aromatic N) is 1. The predicted molar refractivity (Wildman–Crippen MR) is 63.9 cm³/mol. The van der Waals surface area contributed by atoms with Crippen LogP contribution in [0, 0.1) is 15.9 Å². The minimum Gasteiger partial charge on any atom is -0.483 e. The van der Waals surface area contributed by atoms with Crippen molar-refractivity contribution < 1.29 is 14.1 Å². The van der Waals surface area contributed by atoms with Crippen LogP contribution in [0.15, 0.2) is 18.2 Å². The number of rotatable bonds is 3. The summed E-state index contributed by atoms with van der Waals surface area (Å²) in [6, 6.07) is 3.42. The van der Waals surface area contributed by atoms with Crippen molar-refractivity contribution >= 4 is 5.69 Å². The summed E-state index contributed by atoms with van der Waals surface area (Å²) in [6.45, 7) is 0. The highest BCUT2D eigenvalue weighted by molar-refractivity contribution is 5.46. The lowest BCUT2D eigenvalue weighted by Gasteiger charge is -2.26. The van der Waals surface area contributed by atoms with E-state index in [1.165, 1.54) is 0 Å². The highest BCUT2D eigenvalue weighted by Gasteiger charge is 2.23. The Morgan fingerprint density at radius 2 is 2.00 bits per heavy atom. The predicted octanol–water partition coefficient (Wildman–Crippen LogP) is 2.38. The van der Waals surface area contributed by atoms with Crippen LogP contribution in [0.2, 0.25) is 0 Å². The number of ether oxygens (including phenoxy) is 1. The zero-order chi connectivity index (χ0) is 13.1. The van der Waals surface area contributed by atoms with Gasteiger partial charge in [-0.3, -0.25) is 10.1 Å². The lowest BCUT2D eigenvalue weighted by atomic mass is 9.94. The maximum absolute atomic E-state index is 13.1. The SMILES string of the molecule is N[C@H]1CC[C@H](Oc2cc(F)ccc2[N+](=O)[O-])CC1. The van der Waals surface area contributed by atoms with Crippen molar-refractivity contribution in [3.63, 3.8) is 0 Å². The first kappa shape index (κ1) is 12.8. The molecule has 0 amide bonds. The fourth-order valence-corrected chi connectivity index (χ4v) is 2.12. The number of hydrogen-bond donors (Lipinski definition) is 1. The van der Waals surface area contributed by atoms with Crippen LogP contribution >= 0.6 is 0 Å². The molecule has 2 N–H and O–H groups in total. The molecular weight excluding hydrogens is 239 g/mol. The largest absolute Gasteiger partial charge is 0.483 e. The third-order valence-corrected chi connectivity index (χ3v) is 3.13. The normalized spacial score (nSPS) is 23.7. The fourth-order valence-electron chi connectivity index (χ4n) is 2.12. The molecule has 0 aliphatic heterocycles. The molecule has 0 atom stereocenters. The Hall–Kier alpha value is -1.69. The second-order valence-electron chi connectivity index (χ2n) is 4.52. The first-order valence-electron chi connectivity index (χ1n) is 5.92. The maximum atomic E-state index is 13.1. The van der Waals surface area contributed by atoms with Gasteiger partial charge in [-0.25, -0.2) is 4.39 Å². The minimum absolute atomic E-state index is 0.000437. The summed E-state index contributed by atoms with van der Waals surface area (Å²) in [4.78, 5) is 10.2. The van der Waals surface area contributed by atoms with E-state index in [2.05, 4.69) is 0 Å². The molecule has 0 saturated heterocycles. The van der Waals surface area contributed by atoms with E-state index in [-0.39, 0.29) is 23.6 Å². The van der Waals surface area contributed by atoms with E-state index < -0.39 is 10.7 Å². The third-order valence-electron chi connectivity index (χ3n) is 3.13. The van der Waals surface area contributed by atoms with E-state index >= 15 is 0 Å². The number of halogens is 1.